The fourth-order valence-electron chi connectivity index (χ4n) is 4.34. The van der Waals surface area contributed by atoms with Crippen LogP contribution >= 0.6 is 0 Å². The first-order chi connectivity index (χ1) is 10.0. The number of hydrogen-bond acceptors (Lipinski definition) is 0. The average Bonchev–Trinajstić information content (AvgIpc) is 2.40. The van der Waals surface area contributed by atoms with Crippen molar-refractivity contribution >= 4 is 0 Å². The van der Waals surface area contributed by atoms with Crippen molar-refractivity contribution in [1.29, 1.82) is 0 Å². The summed E-state index contributed by atoms with van der Waals surface area (Å²) in [6.45, 7) is 25.3. The Hall–Kier alpha value is 0. The van der Waals surface area contributed by atoms with Gasteiger partial charge in [0.1, 0.15) is 0 Å². The van der Waals surface area contributed by atoms with Crippen molar-refractivity contribution in [2.45, 2.75) is 121 Å². The second kappa shape index (κ2) is 10.7. The lowest BCUT2D eigenvalue weighted by Crippen LogP contribution is -2.42. The highest BCUT2D eigenvalue weighted by molar-refractivity contribution is 4.96. The molecule has 136 valence electrons. The van der Waals surface area contributed by atoms with Gasteiger partial charge in [-0.2, -0.15) is 0 Å². The molecular weight excluding hydrogens is 264 g/mol. The zero-order valence-corrected chi connectivity index (χ0v) is 18.0. The highest BCUT2D eigenvalue weighted by Crippen LogP contribution is 2.56. The zero-order valence-electron chi connectivity index (χ0n) is 18.0. The third-order valence-corrected chi connectivity index (χ3v) is 5.32. The van der Waals surface area contributed by atoms with E-state index in [1.54, 1.807) is 0 Å². The van der Waals surface area contributed by atoms with Crippen LogP contribution in [0.15, 0.2) is 0 Å². The van der Waals surface area contributed by atoms with Gasteiger partial charge in [-0.3, -0.25) is 0 Å². The summed E-state index contributed by atoms with van der Waals surface area (Å²) in [7, 11) is 0. The molecular formula is C22H48. The predicted octanol–water partition coefficient (Wildman–Crippen LogP) is 8.50. The first-order valence-corrected chi connectivity index (χ1v) is 10.0. The van der Waals surface area contributed by atoms with Crippen LogP contribution in [0.1, 0.15) is 121 Å². The summed E-state index contributed by atoms with van der Waals surface area (Å²) in [4.78, 5) is 0. The molecule has 0 saturated heterocycles. The maximum atomic E-state index is 2.53. The van der Waals surface area contributed by atoms with Gasteiger partial charge in [-0.25, -0.2) is 0 Å². The molecule has 1 aliphatic carbocycles. The van der Waals surface area contributed by atoms with Gasteiger partial charge in [-0.05, 0) is 47.8 Å². The highest BCUT2D eigenvalue weighted by Gasteiger charge is 2.46. The maximum absolute atomic E-state index is 2.53. The fraction of sp³-hybridized carbons (Fsp3) is 1.00. The predicted molar refractivity (Wildman–Crippen MR) is 106 cm³/mol. The molecule has 1 saturated carbocycles. The van der Waals surface area contributed by atoms with E-state index in [1.807, 2.05) is 13.8 Å². The largest absolute Gasteiger partial charge is 0.0683 e. The summed E-state index contributed by atoms with van der Waals surface area (Å²) in [6, 6.07) is 0. The molecule has 0 heteroatoms. The Morgan fingerprint density at radius 2 is 1.23 bits per heavy atom. The van der Waals surface area contributed by atoms with E-state index in [0.717, 1.165) is 5.92 Å². The summed E-state index contributed by atoms with van der Waals surface area (Å²) < 4.78 is 0. The second-order valence-electron chi connectivity index (χ2n) is 9.14. The van der Waals surface area contributed by atoms with Crippen molar-refractivity contribution in [1.82, 2.24) is 0 Å². The Balaban J connectivity index is 0. The molecule has 0 N–H and O–H groups in total. The molecule has 0 aliphatic heterocycles. The van der Waals surface area contributed by atoms with E-state index in [2.05, 4.69) is 62.3 Å². The van der Waals surface area contributed by atoms with E-state index in [-0.39, 0.29) is 0 Å². The standard InChI is InChI=1S/C17H34.C3H8.C2H6/c1-8-17(11-9-14(2)10-12-17)16(6,7)13-15(3,4)5;1-3-2;1-2/h14H,8-13H2,1-7H3;3H2,1-2H3;1-2H3. The lowest BCUT2D eigenvalue weighted by atomic mass is 9.53. The van der Waals surface area contributed by atoms with Crippen molar-refractivity contribution in [2.24, 2.45) is 22.2 Å². The summed E-state index contributed by atoms with van der Waals surface area (Å²) in [5, 5.41) is 0. The molecule has 0 aromatic carbocycles. The molecule has 1 aliphatic rings. The number of hydrogen-bond donors (Lipinski definition) is 0. The van der Waals surface area contributed by atoms with Crippen molar-refractivity contribution in [3.8, 4) is 0 Å². The van der Waals surface area contributed by atoms with Gasteiger partial charge in [0.2, 0.25) is 0 Å². The van der Waals surface area contributed by atoms with Crippen molar-refractivity contribution < 1.29 is 0 Å². The van der Waals surface area contributed by atoms with Crippen LogP contribution in [0.25, 0.3) is 0 Å². The van der Waals surface area contributed by atoms with E-state index < -0.39 is 0 Å². The minimum absolute atomic E-state index is 0.453. The lowest BCUT2D eigenvalue weighted by Gasteiger charge is -2.52. The molecule has 0 unspecified atom stereocenters. The van der Waals surface area contributed by atoms with Gasteiger partial charge in [0, 0.05) is 0 Å². The molecule has 22 heavy (non-hydrogen) atoms. The Morgan fingerprint density at radius 3 is 1.50 bits per heavy atom. The molecule has 0 amide bonds. The average molecular weight is 313 g/mol. The minimum Gasteiger partial charge on any atom is -0.0683 e. The lowest BCUT2D eigenvalue weighted by molar-refractivity contribution is -0.0199. The third kappa shape index (κ3) is 8.02. The van der Waals surface area contributed by atoms with E-state index in [1.165, 1.54) is 44.9 Å². The van der Waals surface area contributed by atoms with Gasteiger partial charge in [0.15, 0.2) is 0 Å². The van der Waals surface area contributed by atoms with Gasteiger partial charge in [0.25, 0.3) is 0 Å². The smallest absolute Gasteiger partial charge is 0.0248 e. The Morgan fingerprint density at radius 1 is 0.864 bits per heavy atom. The van der Waals surface area contributed by atoms with Crippen molar-refractivity contribution in [2.75, 3.05) is 0 Å². The number of rotatable bonds is 3. The van der Waals surface area contributed by atoms with E-state index >= 15 is 0 Å². The molecule has 0 bridgehead atoms. The molecule has 0 aromatic heterocycles. The minimum atomic E-state index is 0.453. The van der Waals surface area contributed by atoms with Gasteiger partial charge in [-0.15, -0.1) is 0 Å². The van der Waals surface area contributed by atoms with E-state index in [4.69, 9.17) is 0 Å². The summed E-state index contributed by atoms with van der Waals surface area (Å²) in [6.07, 6.45) is 9.76. The molecule has 1 fully saturated rings. The topological polar surface area (TPSA) is 0 Å². The molecule has 1 rings (SSSR count). The van der Waals surface area contributed by atoms with Crippen LogP contribution in [0, 0.1) is 22.2 Å². The molecule has 0 spiro atoms. The van der Waals surface area contributed by atoms with Crippen LogP contribution in [-0.4, -0.2) is 0 Å². The van der Waals surface area contributed by atoms with Crippen LogP contribution in [0.4, 0.5) is 0 Å². The van der Waals surface area contributed by atoms with E-state index in [0.29, 0.717) is 16.2 Å². The monoisotopic (exact) mass is 312 g/mol. The van der Waals surface area contributed by atoms with Gasteiger partial charge in [0.05, 0.1) is 0 Å². The maximum Gasteiger partial charge on any atom is -0.0248 e. The Bertz CT molecular complexity index is 246. The van der Waals surface area contributed by atoms with Crippen LogP contribution in [0.3, 0.4) is 0 Å². The zero-order chi connectivity index (χ0) is 18.0. The SMILES string of the molecule is CC.CCC.CCC1(C(C)(C)CC(C)(C)C)CCC(C)CC1. The summed E-state index contributed by atoms with van der Waals surface area (Å²) in [5.41, 5.74) is 1.54. The molecule has 0 heterocycles. The van der Waals surface area contributed by atoms with Gasteiger partial charge < -0.3 is 0 Å². The first-order valence-electron chi connectivity index (χ1n) is 10.0. The van der Waals surface area contributed by atoms with Crippen molar-refractivity contribution in [3.05, 3.63) is 0 Å². The van der Waals surface area contributed by atoms with Gasteiger partial charge in [-0.1, -0.05) is 95.4 Å². The summed E-state index contributed by atoms with van der Waals surface area (Å²) in [5.74, 6) is 0.958. The highest BCUT2D eigenvalue weighted by atomic mass is 14.5. The molecule has 0 radical (unpaired) electrons. The van der Waals surface area contributed by atoms with Crippen LogP contribution in [-0.2, 0) is 0 Å². The van der Waals surface area contributed by atoms with E-state index in [9.17, 15) is 0 Å². The molecule has 0 nitrogen and oxygen atoms in total. The Kier molecular flexibility index (Phi) is 11.8. The summed E-state index contributed by atoms with van der Waals surface area (Å²) >= 11 is 0. The van der Waals surface area contributed by atoms with Crippen molar-refractivity contribution in [3.63, 3.8) is 0 Å². The Labute approximate surface area is 143 Å². The first kappa shape index (κ1) is 24.3. The fourth-order valence-corrected chi connectivity index (χ4v) is 4.34. The molecule has 0 atom stereocenters. The molecule has 0 aromatic rings. The normalized spacial score (nSPS) is 25.5. The van der Waals surface area contributed by atoms with Crippen LogP contribution in [0.5, 0.6) is 0 Å². The van der Waals surface area contributed by atoms with Gasteiger partial charge >= 0.3 is 0 Å². The third-order valence-electron chi connectivity index (χ3n) is 5.32. The quantitative estimate of drug-likeness (QED) is 0.490. The van der Waals surface area contributed by atoms with Crippen LogP contribution < -0.4 is 0 Å². The van der Waals surface area contributed by atoms with Crippen LogP contribution in [0.2, 0.25) is 0 Å². The second-order valence-corrected chi connectivity index (χ2v) is 9.14.